The van der Waals surface area contributed by atoms with Crippen molar-refractivity contribution in [3.63, 3.8) is 0 Å². The van der Waals surface area contributed by atoms with Crippen LogP contribution in [0.3, 0.4) is 0 Å². The average Bonchev–Trinajstić information content (AvgIpc) is 2.76. The molecule has 10 heteroatoms. The highest BCUT2D eigenvalue weighted by Gasteiger charge is 2.22. The minimum absolute atomic E-state index is 0.0487. The van der Waals surface area contributed by atoms with Crippen LogP contribution in [0.25, 0.3) is 6.08 Å². The number of anilines is 1. The van der Waals surface area contributed by atoms with Gasteiger partial charge < -0.3 is 9.50 Å². The molecule has 0 aliphatic carbocycles. The van der Waals surface area contributed by atoms with Crippen LogP contribution in [0.1, 0.15) is 11.1 Å². The van der Waals surface area contributed by atoms with Crippen LogP contribution in [0.2, 0.25) is 0 Å². The van der Waals surface area contributed by atoms with E-state index in [2.05, 4.69) is 37.2 Å². The van der Waals surface area contributed by atoms with Crippen LogP contribution in [-0.4, -0.2) is 14.3 Å². The Morgan fingerprint density at radius 1 is 1.09 bits per heavy atom. The summed E-state index contributed by atoms with van der Waals surface area (Å²) in [6.45, 7) is 1.83. The predicted octanol–water partition coefficient (Wildman–Crippen LogP) is 5.97. The van der Waals surface area contributed by atoms with Crippen molar-refractivity contribution in [3.05, 3.63) is 92.1 Å². The first-order valence-corrected chi connectivity index (χ1v) is 12.3. The molecule has 0 unspecified atom stereocenters. The van der Waals surface area contributed by atoms with Crippen molar-refractivity contribution in [2.24, 2.45) is 0 Å². The maximum atomic E-state index is 13.1. The van der Waals surface area contributed by atoms with E-state index in [-0.39, 0.29) is 31.9 Å². The van der Waals surface area contributed by atoms with E-state index in [0.717, 1.165) is 5.56 Å². The highest BCUT2D eigenvalue weighted by atomic mass is 79.9. The fraction of sp³-hybridized carbons (Fsp3) is 0.0435. The van der Waals surface area contributed by atoms with Crippen molar-refractivity contribution in [1.82, 2.24) is 0 Å². The molecular weight excluding hydrogens is 579 g/mol. The molecule has 0 aliphatic heterocycles. The monoisotopic (exact) mass is 592 g/mol. The number of nitrogens with zero attached hydrogens (tertiary/aromatic N) is 1. The van der Waals surface area contributed by atoms with Crippen LogP contribution in [-0.2, 0) is 14.9 Å². The number of benzene rings is 3. The number of hydrogen-bond acceptors (Lipinski definition) is 5. The molecule has 0 saturated carbocycles. The third kappa shape index (κ3) is 6.28. The zero-order chi connectivity index (χ0) is 24.2. The molecule has 0 aromatic heterocycles. The van der Waals surface area contributed by atoms with E-state index in [1.165, 1.54) is 48.5 Å². The van der Waals surface area contributed by atoms with Gasteiger partial charge in [0.1, 0.15) is 22.4 Å². The van der Waals surface area contributed by atoms with Gasteiger partial charge in [0.2, 0.25) is 0 Å². The van der Waals surface area contributed by atoms with Gasteiger partial charge in [-0.3, -0.25) is 4.79 Å². The number of rotatable bonds is 6. The molecule has 1 amide bonds. The van der Waals surface area contributed by atoms with Gasteiger partial charge in [-0.15, -0.1) is 0 Å². The molecule has 0 aliphatic rings. The number of carbonyl (C=O) groups is 1. The van der Waals surface area contributed by atoms with Gasteiger partial charge in [-0.2, -0.15) is 13.7 Å². The third-order valence-electron chi connectivity index (χ3n) is 4.31. The lowest BCUT2D eigenvalue weighted by molar-refractivity contribution is -0.112. The number of amides is 1. The molecule has 3 rings (SSSR count). The van der Waals surface area contributed by atoms with E-state index in [4.69, 9.17) is 4.18 Å². The van der Waals surface area contributed by atoms with E-state index < -0.39 is 21.8 Å². The SMILES string of the molecule is Cc1ccc(S(=O)(=O)Oc2c(Br)cc(Br)cc2/C=C(\C#N)C(=O)Nc2ccc(F)cc2)cc1. The van der Waals surface area contributed by atoms with Crippen molar-refractivity contribution in [1.29, 1.82) is 5.26 Å². The Kier molecular flexibility index (Phi) is 7.68. The smallest absolute Gasteiger partial charge is 0.339 e. The minimum Gasteiger partial charge on any atom is -0.377 e. The normalized spacial score (nSPS) is 11.5. The van der Waals surface area contributed by atoms with E-state index in [1.54, 1.807) is 24.3 Å². The topological polar surface area (TPSA) is 96.3 Å². The first kappa shape index (κ1) is 24.6. The largest absolute Gasteiger partial charge is 0.377 e. The van der Waals surface area contributed by atoms with Crippen LogP contribution in [0.5, 0.6) is 5.75 Å². The molecule has 33 heavy (non-hydrogen) atoms. The molecule has 168 valence electrons. The molecule has 0 saturated heterocycles. The number of carbonyl (C=O) groups excluding carboxylic acids is 1. The quantitative estimate of drug-likeness (QED) is 0.216. The van der Waals surface area contributed by atoms with Crippen molar-refractivity contribution >= 4 is 59.6 Å². The van der Waals surface area contributed by atoms with Crippen molar-refractivity contribution in [3.8, 4) is 11.8 Å². The molecule has 0 heterocycles. The first-order valence-electron chi connectivity index (χ1n) is 9.28. The molecule has 0 atom stereocenters. The van der Waals surface area contributed by atoms with Crippen LogP contribution in [0.15, 0.2) is 80.1 Å². The molecule has 3 aromatic carbocycles. The Bertz CT molecular complexity index is 1380. The Labute approximate surface area is 207 Å². The fourth-order valence-corrected chi connectivity index (χ4v) is 5.09. The first-order chi connectivity index (χ1) is 15.6. The Balaban J connectivity index is 1.99. The maximum absolute atomic E-state index is 13.1. The third-order valence-corrected chi connectivity index (χ3v) is 6.59. The molecule has 1 N–H and O–H groups in total. The lowest BCUT2D eigenvalue weighted by atomic mass is 10.1. The predicted molar refractivity (Wildman–Crippen MR) is 129 cm³/mol. The van der Waals surface area contributed by atoms with Crippen LogP contribution in [0.4, 0.5) is 10.1 Å². The molecule has 0 bridgehead atoms. The lowest BCUT2D eigenvalue weighted by Crippen LogP contribution is -2.14. The zero-order valence-electron chi connectivity index (χ0n) is 17.0. The van der Waals surface area contributed by atoms with Crippen LogP contribution < -0.4 is 9.50 Å². The summed E-state index contributed by atoms with van der Waals surface area (Å²) in [5, 5.41) is 12.0. The molecular formula is C23H15Br2FN2O4S. The number of nitriles is 1. The van der Waals surface area contributed by atoms with E-state index in [1.807, 2.05) is 6.92 Å². The number of hydrogen-bond donors (Lipinski definition) is 1. The average molecular weight is 594 g/mol. The van der Waals surface area contributed by atoms with Gasteiger partial charge in [-0.1, -0.05) is 33.6 Å². The maximum Gasteiger partial charge on any atom is 0.339 e. The van der Waals surface area contributed by atoms with Crippen LogP contribution in [0, 0.1) is 24.1 Å². The highest BCUT2D eigenvalue weighted by Crippen LogP contribution is 2.36. The summed E-state index contributed by atoms with van der Waals surface area (Å²) < 4.78 is 44.9. The van der Waals surface area contributed by atoms with Gasteiger partial charge >= 0.3 is 10.1 Å². The van der Waals surface area contributed by atoms with Crippen molar-refractivity contribution < 1.29 is 21.8 Å². The standard InChI is InChI=1S/C23H15Br2FN2O4S/c1-14-2-8-20(9-3-14)33(30,31)32-22-15(11-17(24)12-21(22)25)10-16(13-27)23(29)28-19-6-4-18(26)5-7-19/h2-12H,1H3,(H,28,29)/b16-10+. The fourth-order valence-electron chi connectivity index (χ4n) is 2.67. The Morgan fingerprint density at radius 3 is 2.33 bits per heavy atom. The van der Waals surface area contributed by atoms with Gasteiger partial charge in [-0.05, 0) is 77.5 Å². The van der Waals surface area contributed by atoms with Gasteiger partial charge in [0.15, 0.2) is 5.75 Å². The van der Waals surface area contributed by atoms with Gasteiger partial charge in [0.25, 0.3) is 5.91 Å². The Morgan fingerprint density at radius 2 is 1.73 bits per heavy atom. The van der Waals surface area contributed by atoms with Crippen molar-refractivity contribution in [2.75, 3.05) is 5.32 Å². The van der Waals surface area contributed by atoms with E-state index in [0.29, 0.717) is 4.47 Å². The summed E-state index contributed by atoms with van der Waals surface area (Å²) in [6, 6.07) is 16.0. The highest BCUT2D eigenvalue weighted by molar-refractivity contribution is 9.11. The molecule has 3 aromatic rings. The summed E-state index contributed by atoms with van der Waals surface area (Å²) in [5.41, 5.74) is 1.02. The second kappa shape index (κ2) is 10.3. The number of halogens is 3. The minimum atomic E-state index is -4.20. The van der Waals surface area contributed by atoms with E-state index >= 15 is 0 Å². The number of nitrogens with one attached hydrogen (secondary N) is 1. The molecule has 6 nitrogen and oxygen atoms in total. The van der Waals surface area contributed by atoms with Gasteiger partial charge in [-0.25, -0.2) is 4.39 Å². The summed E-state index contributed by atoms with van der Waals surface area (Å²) in [5.74, 6) is -1.33. The summed E-state index contributed by atoms with van der Waals surface area (Å²) in [6.07, 6.45) is 1.20. The lowest BCUT2D eigenvalue weighted by Gasteiger charge is -2.13. The second-order valence-electron chi connectivity index (χ2n) is 6.79. The molecule has 0 spiro atoms. The van der Waals surface area contributed by atoms with Crippen LogP contribution >= 0.6 is 31.9 Å². The summed E-state index contributed by atoms with van der Waals surface area (Å²) >= 11 is 6.58. The zero-order valence-corrected chi connectivity index (χ0v) is 21.0. The van der Waals surface area contributed by atoms with Gasteiger partial charge in [0, 0.05) is 15.7 Å². The Hall–Kier alpha value is -3.00. The molecule has 0 fully saturated rings. The van der Waals surface area contributed by atoms with Gasteiger partial charge in [0.05, 0.1) is 4.47 Å². The summed E-state index contributed by atoms with van der Waals surface area (Å²) in [7, 11) is -4.20. The number of aryl methyl sites for hydroxylation is 1. The summed E-state index contributed by atoms with van der Waals surface area (Å²) in [4.78, 5) is 12.5. The molecule has 0 radical (unpaired) electrons. The second-order valence-corrected chi connectivity index (χ2v) is 10.1. The van der Waals surface area contributed by atoms with Crippen molar-refractivity contribution in [2.45, 2.75) is 11.8 Å². The van der Waals surface area contributed by atoms with E-state index in [9.17, 15) is 22.9 Å².